The molecule has 1 N–H and O–H groups in total. The second-order valence-corrected chi connectivity index (χ2v) is 7.24. The third-order valence-electron chi connectivity index (χ3n) is 5.15. The maximum atomic E-state index is 13.1. The largest absolute Gasteiger partial charge is 0.361 e. The van der Waals surface area contributed by atoms with Crippen molar-refractivity contribution in [2.75, 3.05) is 13.6 Å². The first-order chi connectivity index (χ1) is 12.1. The molecule has 1 amide bonds. The molecule has 2 heterocycles. The van der Waals surface area contributed by atoms with Gasteiger partial charge in [-0.15, -0.1) is 0 Å². The number of pyridine rings is 1. The van der Waals surface area contributed by atoms with Crippen molar-refractivity contribution in [2.45, 2.75) is 24.7 Å². The monoisotopic (exact) mass is 353 g/mol. The van der Waals surface area contributed by atoms with Crippen LogP contribution in [0.5, 0.6) is 0 Å². The molecule has 0 radical (unpaired) electrons. The summed E-state index contributed by atoms with van der Waals surface area (Å²) in [5, 5.41) is 1.75. The number of aromatic nitrogens is 2. The zero-order chi connectivity index (χ0) is 17.4. The summed E-state index contributed by atoms with van der Waals surface area (Å²) in [6, 6.07) is 9.77. The summed E-state index contributed by atoms with van der Waals surface area (Å²) in [4.78, 5) is 22.3. The Morgan fingerprint density at radius 2 is 2.04 bits per heavy atom. The SMILES string of the molecule is CN(CCc1ccncc1)C(=O)C1(c2c[nH]c3ccc(Cl)cc23)CC1. The number of hydrogen-bond acceptors (Lipinski definition) is 2. The van der Waals surface area contributed by atoms with Gasteiger partial charge in [-0.25, -0.2) is 0 Å². The minimum atomic E-state index is -0.393. The number of likely N-dealkylation sites (N-methyl/N-ethyl adjacent to an activating group) is 1. The van der Waals surface area contributed by atoms with Gasteiger partial charge in [-0.2, -0.15) is 0 Å². The van der Waals surface area contributed by atoms with E-state index in [1.54, 1.807) is 12.4 Å². The highest BCUT2D eigenvalue weighted by Gasteiger charge is 2.53. The van der Waals surface area contributed by atoms with Crippen LogP contribution >= 0.6 is 11.6 Å². The first-order valence-electron chi connectivity index (χ1n) is 8.52. The lowest BCUT2D eigenvalue weighted by atomic mass is 9.93. The van der Waals surface area contributed by atoms with Crippen LogP contribution in [0.2, 0.25) is 5.02 Å². The van der Waals surface area contributed by atoms with Gasteiger partial charge in [-0.3, -0.25) is 9.78 Å². The van der Waals surface area contributed by atoms with Crippen molar-refractivity contribution in [1.29, 1.82) is 0 Å². The quantitative estimate of drug-likeness (QED) is 0.755. The summed E-state index contributed by atoms with van der Waals surface area (Å²) in [5.41, 5.74) is 2.90. The molecular weight excluding hydrogens is 334 g/mol. The zero-order valence-corrected chi connectivity index (χ0v) is 14.9. The molecule has 1 aliphatic rings. The van der Waals surface area contributed by atoms with Crippen LogP contribution in [0.1, 0.15) is 24.0 Å². The van der Waals surface area contributed by atoms with Gasteiger partial charge in [0.15, 0.2) is 0 Å². The summed E-state index contributed by atoms with van der Waals surface area (Å²) in [5.74, 6) is 0.197. The highest BCUT2D eigenvalue weighted by Crippen LogP contribution is 2.51. The fourth-order valence-corrected chi connectivity index (χ4v) is 3.70. The lowest BCUT2D eigenvalue weighted by Crippen LogP contribution is -2.37. The van der Waals surface area contributed by atoms with Crippen LogP contribution in [-0.2, 0) is 16.6 Å². The van der Waals surface area contributed by atoms with E-state index in [4.69, 9.17) is 11.6 Å². The van der Waals surface area contributed by atoms with E-state index in [1.165, 1.54) is 5.56 Å². The predicted octanol–water partition coefficient (Wildman–Crippen LogP) is 3.95. The molecule has 0 spiro atoms. The Morgan fingerprint density at radius 3 is 2.76 bits per heavy atom. The van der Waals surface area contributed by atoms with Crippen LogP contribution < -0.4 is 0 Å². The maximum Gasteiger partial charge on any atom is 0.233 e. The Bertz CT molecular complexity index is 915. The van der Waals surface area contributed by atoms with Crippen molar-refractivity contribution in [3.8, 4) is 0 Å². The number of amides is 1. The van der Waals surface area contributed by atoms with Gasteiger partial charge in [0.05, 0.1) is 5.41 Å². The molecule has 1 aromatic carbocycles. The number of carbonyl (C=O) groups is 1. The molecule has 3 aromatic rings. The minimum absolute atomic E-state index is 0.197. The fourth-order valence-electron chi connectivity index (χ4n) is 3.53. The highest BCUT2D eigenvalue weighted by molar-refractivity contribution is 6.31. The number of benzene rings is 1. The van der Waals surface area contributed by atoms with E-state index >= 15 is 0 Å². The first kappa shape index (κ1) is 16.2. The Labute approximate surface area is 151 Å². The third-order valence-corrected chi connectivity index (χ3v) is 5.39. The number of nitrogens with zero attached hydrogens (tertiary/aromatic N) is 2. The summed E-state index contributed by atoms with van der Waals surface area (Å²) < 4.78 is 0. The molecule has 128 valence electrons. The molecule has 5 heteroatoms. The topological polar surface area (TPSA) is 49.0 Å². The molecule has 0 bridgehead atoms. The molecule has 0 aliphatic heterocycles. The Balaban J connectivity index is 1.55. The lowest BCUT2D eigenvalue weighted by molar-refractivity contribution is -0.132. The summed E-state index contributed by atoms with van der Waals surface area (Å²) in [7, 11) is 1.89. The van der Waals surface area contributed by atoms with Crippen molar-refractivity contribution in [3.63, 3.8) is 0 Å². The van der Waals surface area contributed by atoms with Crippen molar-refractivity contribution in [2.24, 2.45) is 0 Å². The lowest BCUT2D eigenvalue weighted by Gasteiger charge is -2.23. The normalized spacial score (nSPS) is 15.3. The van der Waals surface area contributed by atoms with Gasteiger partial charge < -0.3 is 9.88 Å². The fraction of sp³-hybridized carbons (Fsp3) is 0.300. The molecule has 4 rings (SSSR count). The van der Waals surface area contributed by atoms with Gasteiger partial charge in [-0.1, -0.05) is 11.6 Å². The molecule has 25 heavy (non-hydrogen) atoms. The standard InChI is InChI=1S/C20H20ClN3O/c1-24(11-6-14-4-9-22-10-5-14)19(25)20(7-8-20)17-13-23-18-3-2-15(21)12-16(17)18/h2-5,9-10,12-13,23H,6-8,11H2,1H3. The number of nitrogens with one attached hydrogen (secondary N) is 1. The van der Waals surface area contributed by atoms with Gasteiger partial charge in [0, 0.05) is 48.1 Å². The van der Waals surface area contributed by atoms with E-state index in [0.717, 1.165) is 35.7 Å². The Morgan fingerprint density at radius 1 is 1.28 bits per heavy atom. The van der Waals surface area contributed by atoms with Crippen molar-refractivity contribution in [3.05, 3.63) is 65.1 Å². The molecule has 4 nitrogen and oxygen atoms in total. The number of rotatable bonds is 5. The van der Waals surface area contributed by atoms with Gasteiger partial charge >= 0.3 is 0 Å². The first-order valence-corrected chi connectivity index (χ1v) is 8.89. The molecule has 0 saturated heterocycles. The van der Waals surface area contributed by atoms with Gasteiger partial charge in [-0.05, 0) is 60.7 Å². The average Bonchev–Trinajstić information content (AvgIpc) is 3.33. The molecule has 0 atom stereocenters. The molecule has 1 aliphatic carbocycles. The Kier molecular flexibility index (Phi) is 4.00. The third kappa shape index (κ3) is 2.91. The van der Waals surface area contributed by atoms with Crippen molar-refractivity contribution < 1.29 is 4.79 Å². The summed E-state index contributed by atoms with van der Waals surface area (Å²) >= 11 is 6.16. The van der Waals surface area contributed by atoms with Gasteiger partial charge in [0.1, 0.15) is 0 Å². The van der Waals surface area contributed by atoms with Gasteiger partial charge in [0.25, 0.3) is 0 Å². The average molecular weight is 354 g/mol. The van der Waals surface area contributed by atoms with E-state index < -0.39 is 5.41 Å². The smallest absolute Gasteiger partial charge is 0.233 e. The summed E-state index contributed by atoms with van der Waals surface area (Å²) in [6.45, 7) is 0.702. The van der Waals surface area contributed by atoms with Gasteiger partial charge in [0.2, 0.25) is 5.91 Å². The Hall–Kier alpha value is -2.33. The molecule has 1 fully saturated rings. The van der Waals surface area contributed by atoms with E-state index in [-0.39, 0.29) is 5.91 Å². The van der Waals surface area contributed by atoms with Crippen LogP contribution in [0.4, 0.5) is 0 Å². The van der Waals surface area contributed by atoms with E-state index in [0.29, 0.717) is 11.6 Å². The van der Waals surface area contributed by atoms with Crippen LogP contribution in [0, 0.1) is 0 Å². The number of H-pyrrole nitrogens is 1. The number of halogens is 1. The number of carbonyl (C=O) groups excluding carboxylic acids is 1. The van der Waals surface area contributed by atoms with Crippen molar-refractivity contribution >= 4 is 28.4 Å². The second kappa shape index (κ2) is 6.19. The predicted molar refractivity (Wildman–Crippen MR) is 99.8 cm³/mol. The summed E-state index contributed by atoms with van der Waals surface area (Å²) in [6.07, 6.45) is 8.17. The van der Waals surface area contributed by atoms with Crippen LogP contribution in [0.15, 0.2) is 48.9 Å². The molecular formula is C20H20ClN3O. The minimum Gasteiger partial charge on any atom is -0.361 e. The van der Waals surface area contributed by atoms with Crippen molar-refractivity contribution in [1.82, 2.24) is 14.9 Å². The maximum absolute atomic E-state index is 13.1. The molecule has 0 unspecified atom stereocenters. The van der Waals surface area contributed by atoms with Crippen LogP contribution in [0.25, 0.3) is 10.9 Å². The number of hydrogen-bond donors (Lipinski definition) is 1. The number of fused-ring (bicyclic) bond motifs is 1. The number of aromatic amines is 1. The molecule has 2 aromatic heterocycles. The second-order valence-electron chi connectivity index (χ2n) is 6.81. The molecule has 1 saturated carbocycles. The van der Waals surface area contributed by atoms with Crippen LogP contribution in [0.3, 0.4) is 0 Å². The van der Waals surface area contributed by atoms with E-state index in [2.05, 4.69) is 9.97 Å². The highest BCUT2D eigenvalue weighted by atomic mass is 35.5. The zero-order valence-electron chi connectivity index (χ0n) is 14.1. The van der Waals surface area contributed by atoms with E-state index in [1.807, 2.05) is 48.5 Å². The van der Waals surface area contributed by atoms with E-state index in [9.17, 15) is 4.79 Å². The van der Waals surface area contributed by atoms with Crippen LogP contribution in [-0.4, -0.2) is 34.4 Å².